The normalized spacial score (nSPS) is 12.3. The van der Waals surface area contributed by atoms with Crippen LogP contribution in [0.15, 0.2) is 36.4 Å². The first-order valence-corrected chi connectivity index (χ1v) is 7.02. The Hall–Kier alpha value is -2.03. The molecular formula is C17H21NO2. The van der Waals surface area contributed by atoms with Crippen molar-refractivity contribution in [2.75, 3.05) is 0 Å². The topological polar surface area (TPSA) is 42.2 Å². The molecule has 1 heterocycles. The summed E-state index contributed by atoms with van der Waals surface area (Å²) < 4.78 is 1.95. The van der Waals surface area contributed by atoms with Crippen molar-refractivity contribution >= 4 is 5.97 Å². The predicted molar refractivity (Wildman–Crippen MR) is 80.4 cm³/mol. The summed E-state index contributed by atoms with van der Waals surface area (Å²) in [5.74, 6) is -0.861. The Labute approximate surface area is 119 Å². The van der Waals surface area contributed by atoms with Crippen LogP contribution in [-0.4, -0.2) is 15.6 Å². The maximum atomic E-state index is 11.3. The van der Waals surface area contributed by atoms with E-state index in [0.717, 1.165) is 18.5 Å². The number of carboxylic acids is 1. The van der Waals surface area contributed by atoms with Crippen molar-refractivity contribution in [1.82, 2.24) is 4.57 Å². The Bertz CT molecular complexity index is 596. The molecule has 2 aromatic rings. The van der Waals surface area contributed by atoms with E-state index in [-0.39, 0.29) is 6.04 Å². The number of hydrogen-bond donors (Lipinski definition) is 1. The number of carbonyl (C=O) groups is 1. The fourth-order valence-electron chi connectivity index (χ4n) is 2.43. The molecular weight excluding hydrogens is 250 g/mol. The van der Waals surface area contributed by atoms with Gasteiger partial charge in [0.2, 0.25) is 0 Å². The molecule has 0 aliphatic carbocycles. The molecule has 1 aromatic heterocycles. The van der Waals surface area contributed by atoms with Crippen LogP contribution in [-0.2, 0) is 6.42 Å². The minimum absolute atomic E-state index is 0.191. The summed E-state index contributed by atoms with van der Waals surface area (Å²) in [6, 6.07) is 12.2. The van der Waals surface area contributed by atoms with Gasteiger partial charge in [0.15, 0.2) is 0 Å². The smallest absolute Gasteiger partial charge is 0.352 e. The number of carboxylic acid groups (broad SMARTS) is 1. The van der Waals surface area contributed by atoms with Gasteiger partial charge in [0.05, 0.1) is 0 Å². The highest BCUT2D eigenvalue weighted by Crippen LogP contribution is 2.22. The lowest BCUT2D eigenvalue weighted by Gasteiger charge is -2.18. The van der Waals surface area contributed by atoms with Crippen LogP contribution >= 0.6 is 0 Å². The first kappa shape index (κ1) is 14.4. The Kier molecular flexibility index (Phi) is 4.28. The average Bonchev–Trinajstić information content (AvgIpc) is 2.84. The molecule has 3 nitrogen and oxygen atoms in total. The quantitative estimate of drug-likeness (QED) is 0.891. The lowest BCUT2D eigenvalue weighted by atomic mass is 10.1. The molecule has 2 rings (SSSR count). The number of benzene rings is 1. The van der Waals surface area contributed by atoms with Gasteiger partial charge >= 0.3 is 5.97 Å². The van der Waals surface area contributed by atoms with Crippen LogP contribution in [0.3, 0.4) is 0 Å². The second-order valence-electron chi connectivity index (χ2n) is 5.30. The molecule has 0 aliphatic rings. The van der Waals surface area contributed by atoms with E-state index in [1.165, 1.54) is 11.1 Å². The molecule has 0 saturated heterocycles. The van der Waals surface area contributed by atoms with Gasteiger partial charge in [0.25, 0.3) is 0 Å². The van der Waals surface area contributed by atoms with Crippen LogP contribution in [0.5, 0.6) is 0 Å². The van der Waals surface area contributed by atoms with Crippen LogP contribution in [0, 0.1) is 6.92 Å². The van der Waals surface area contributed by atoms with Gasteiger partial charge in [-0.25, -0.2) is 4.79 Å². The summed E-state index contributed by atoms with van der Waals surface area (Å²) in [6.45, 7) is 6.20. The number of nitrogens with zero attached hydrogens (tertiary/aromatic N) is 1. The highest BCUT2D eigenvalue weighted by atomic mass is 16.4. The van der Waals surface area contributed by atoms with E-state index < -0.39 is 5.97 Å². The second kappa shape index (κ2) is 5.95. The van der Waals surface area contributed by atoms with Crippen molar-refractivity contribution in [3.8, 4) is 0 Å². The highest BCUT2D eigenvalue weighted by molar-refractivity contribution is 5.86. The molecule has 0 aliphatic heterocycles. The molecule has 0 fully saturated rings. The summed E-state index contributed by atoms with van der Waals surface area (Å²) >= 11 is 0. The molecule has 0 radical (unpaired) electrons. The average molecular weight is 271 g/mol. The third-order valence-electron chi connectivity index (χ3n) is 3.76. The van der Waals surface area contributed by atoms with Crippen molar-refractivity contribution in [2.45, 2.75) is 39.7 Å². The number of aromatic carboxylic acids is 1. The lowest BCUT2D eigenvalue weighted by molar-refractivity contribution is 0.0682. The molecule has 0 saturated carbocycles. The summed E-state index contributed by atoms with van der Waals surface area (Å²) in [5, 5.41) is 9.31. The predicted octanol–water partition coefficient (Wildman–Crippen LogP) is 4.06. The highest BCUT2D eigenvalue weighted by Gasteiger charge is 2.17. The summed E-state index contributed by atoms with van der Waals surface area (Å²) in [4.78, 5) is 11.3. The van der Waals surface area contributed by atoms with Gasteiger partial charge in [-0.2, -0.15) is 0 Å². The maximum absolute atomic E-state index is 11.3. The van der Waals surface area contributed by atoms with Crippen molar-refractivity contribution in [3.63, 3.8) is 0 Å². The fourth-order valence-corrected chi connectivity index (χ4v) is 2.43. The second-order valence-corrected chi connectivity index (χ2v) is 5.30. The van der Waals surface area contributed by atoms with E-state index in [0.29, 0.717) is 5.69 Å². The van der Waals surface area contributed by atoms with E-state index >= 15 is 0 Å². The van der Waals surface area contributed by atoms with E-state index in [4.69, 9.17) is 0 Å². The molecule has 20 heavy (non-hydrogen) atoms. The zero-order valence-corrected chi connectivity index (χ0v) is 12.3. The van der Waals surface area contributed by atoms with Gasteiger partial charge in [-0.05, 0) is 38.0 Å². The molecule has 0 bridgehead atoms. The Balaban J connectivity index is 2.36. The van der Waals surface area contributed by atoms with Crippen molar-refractivity contribution < 1.29 is 9.90 Å². The molecule has 106 valence electrons. The molecule has 3 heteroatoms. The minimum Gasteiger partial charge on any atom is -0.477 e. The van der Waals surface area contributed by atoms with Crippen LogP contribution in [0.4, 0.5) is 0 Å². The fraction of sp³-hybridized carbons (Fsp3) is 0.353. The standard InChI is InChI=1S/C17H21NO2/c1-4-13(3)18-15(9-10-16(18)17(19)20)11-14-7-5-12(2)6-8-14/h5-10,13H,4,11H2,1-3H3,(H,19,20)/t13-/m0/s1. The summed E-state index contributed by atoms with van der Waals surface area (Å²) in [5.41, 5.74) is 3.87. The third-order valence-corrected chi connectivity index (χ3v) is 3.76. The van der Waals surface area contributed by atoms with Crippen LogP contribution in [0.25, 0.3) is 0 Å². The van der Waals surface area contributed by atoms with Crippen molar-refractivity contribution in [1.29, 1.82) is 0 Å². The monoisotopic (exact) mass is 271 g/mol. The first-order chi connectivity index (χ1) is 9.52. The molecule has 1 atom stereocenters. The zero-order chi connectivity index (χ0) is 14.7. The molecule has 0 amide bonds. The van der Waals surface area contributed by atoms with Crippen LogP contribution in [0.2, 0.25) is 0 Å². The van der Waals surface area contributed by atoms with Crippen LogP contribution in [0.1, 0.15) is 53.6 Å². The molecule has 0 unspecified atom stereocenters. The van der Waals surface area contributed by atoms with Gasteiger partial charge in [-0.1, -0.05) is 36.8 Å². The number of rotatable bonds is 5. The summed E-state index contributed by atoms with van der Waals surface area (Å²) in [6.07, 6.45) is 1.67. The van der Waals surface area contributed by atoms with Gasteiger partial charge in [-0.3, -0.25) is 0 Å². The zero-order valence-electron chi connectivity index (χ0n) is 12.3. The Morgan fingerprint density at radius 3 is 2.40 bits per heavy atom. The first-order valence-electron chi connectivity index (χ1n) is 7.02. The molecule has 0 spiro atoms. The molecule has 1 aromatic carbocycles. The van der Waals surface area contributed by atoms with Gasteiger partial charge in [-0.15, -0.1) is 0 Å². The van der Waals surface area contributed by atoms with Gasteiger partial charge in [0.1, 0.15) is 5.69 Å². The van der Waals surface area contributed by atoms with E-state index in [1.54, 1.807) is 6.07 Å². The third kappa shape index (κ3) is 2.93. The van der Waals surface area contributed by atoms with Crippen molar-refractivity contribution in [2.24, 2.45) is 0 Å². The summed E-state index contributed by atoms with van der Waals surface area (Å²) in [7, 11) is 0. The number of aromatic nitrogens is 1. The maximum Gasteiger partial charge on any atom is 0.352 e. The van der Waals surface area contributed by atoms with Crippen molar-refractivity contribution in [3.05, 3.63) is 58.9 Å². The lowest BCUT2D eigenvalue weighted by Crippen LogP contribution is -2.15. The van der Waals surface area contributed by atoms with E-state index in [1.807, 2.05) is 10.6 Å². The van der Waals surface area contributed by atoms with Gasteiger partial charge in [0, 0.05) is 18.2 Å². The van der Waals surface area contributed by atoms with E-state index in [2.05, 4.69) is 45.0 Å². The molecule has 1 N–H and O–H groups in total. The SMILES string of the molecule is CC[C@H](C)n1c(Cc2ccc(C)cc2)ccc1C(=O)O. The Morgan fingerprint density at radius 2 is 1.85 bits per heavy atom. The van der Waals surface area contributed by atoms with E-state index in [9.17, 15) is 9.90 Å². The largest absolute Gasteiger partial charge is 0.477 e. The van der Waals surface area contributed by atoms with Gasteiger partial charge < -0.3 is 9.67 Å². The van der Waals surface area contributed by atoms with Crippen LogP contribution < -0.4 is 0 Å². The minimum atomic E-state index is -0.861. The number of hydrogen-bond acceptors (Lipinski definition) is 1. The Morgan fingerprint density at radius 1 is 1.20 bits per heavy atom. The number of aryl methyl sites for hydroxylation is 1.